The van der Waals surface area contributed by atoms with Crippen LogP contribution in [0.1, 0.15) is 48.2 Å². The molecule has 1 atom stereocenters. The smallest absolute Gasteiger partial charge is 0.163 e. The lowest BCUT2D eigenvalue weighted by Crippen LogP contribution is -2.06. The highest BCUT2D eigenvalue weighted by Gasteiger charge is 2.14. The van der Waals surface area contributed by atoms with Gasteiger partial charge >= 0.3 is 0 Å². The number of carbonyl (C=O) groups is 1. The summed E-state index contributed by atoms with van der Waals surface area (Å²) in [6.45, 7) is 6.10. The van der Waals surface area contributed by atoms with Crippen molar-refractivity contribution in [2.45, 2.75) is 39.8 Å². The van der Waals surface area contributed by atoms with Crippen LogP contribution in [-0.2, 0) is 13.1 Å². The molecule has 0 aliphatic carbocycles. The van der Waals surface area contributed by atoms with Crippen molar-refractivity contribution in [2.75, 3.05) is 0 Å². The van der Waals surface area contributed by atoms with Crippen molar-refractivity contribution in [3.05, 3.63) is 34.9 Å². The lowest BCUT2D eigenvalue weighted by molar-refractivity contribution is 0.0963. The van der Waals surface area contributed by atoms with Crippen LogP contribution in [0.3, 0.4) is 0 Å². The summed E-state index contributed by atoms with van der Waals surface area (Å²) in [7, 11) is 0. The first-order chi connectivity index (χ1) is 7.70. The fraction of sp³-hybridized carbons (Fsp3) is 0.500. The van der Waals surface area contributed by atoms with E-state index in [4.69, 9.17) is 0 Å². The maximum absolute atomic E-state index is 12.0. The van der Waals surface area contributed by atoms with Gasteiger partial charge in [0, 0.05) is 25.1 Å². The van der Waals surface area contributed by atoms with Crippen LogP contribution in [0.5, 0.6) is 0 Å². The third-order valence-electron chi connectivity index (χ3n) is 3.39. The number of hydrogen-bond acceptors (Lipinski definition) is 2. The van der Waals surface area contributed by atoms with E-state index in [-0.39, 0.29) is 5.78 Å². The molecule has 1 N–H and O–H groups in total. The van der Waals surface area contributed by atoms with Crippen molar-refractivity contribution in [3.8, 4) is 0 Å². The number of ketones is 1. The first-order valence-electron chi connectivity index (χ1n) is 6.06. The molecular weight excluding hydrogens is 198 g/mol. The summed E-state index contributed by atoms with van der Waals surface area (Å²) in [5.41, 5.74) is 3.50. The van der Waals surface area contributed by atoms with E-state index in [1.807, 2.05) is 6.07 Å². The summed E-state index contributed by atoms with van der Waals surface area (Å²) in [6, 6.07) is 6.11. The third kappa shape index (κ3) is 2.33. The third-order valence-corrected chi connectivity index (χ3v) is 3.39. The van der Waals surface area contributed by atoms with E-state index in [0.29, 0.717) is 12.3 Å². The highest BCUT2D eigenvalue weighted by atomic mass is 16.1. The van der Waals surface area contributed by atoms with E-state index in [9.17, 15) is 4.79 Å². The fourth-order valence-corrected chi connectivity index (χ4v) is 2.05. The zero-order valence-electron chi connectivity index (χ0n) is 10.0. The minimum atomic E-state index is 0.282. The predicted octanol–water partition coefficient (Wildman–Crippen LogP) is 2.91. The Labute approximate surface area is 97.1 Å². The van der Waals surface area contributed by atoms with Gasteiger partial charge < -0.3 is 5.32 Å². The van der Waals surface area contributed by atoms with E-state index < -0.39 is 0 Å². The molecule has 1 aromatic rings. The van der Waals surface area contributed by atoms with Crippen LogP contribution in [0.4, 0.5) is 0 Å². The molecule has 86 valence electrons. The molecule has 1 aliphatic heterocycles. The lowest BCUT2D eigenvalue weighted by atomic mass is 9.96. The van der Waals surface area contributed by atoms with Crippen molar-refractivity contribution in [1.29, 1.82) is 0 Å². The first kappa shape index (κ1) is 11.3. The molecule has 1 heterocycles. The van der Waals surface area contributed by atoms with Crippen LogP contribution in [0, 0.1) is 5.92 Å². The standard InChI is InChI=1S/C14H19NO/c1-3-10(2)6-14(16)11-4-5-12-8-15-9-13(12)7-11/h4-5,7,10,15H,3,6,8-9H2,1-2H3. The molecule has 0 saturated heterocycles. The molecule has 1 aliphatic rings. The molecule has 2 nitrogen and oxygen atoms in total. The minimum absolute atomic E-state index is 0.282. The maximum atomic E-state index is 12.0. The van der Waals surface area contributed by atoms with Gasteiger partial charge in [0.2, 0.25) is 0 Å². The molecule has 0 fully saturated rings. The van der Waals surface area contributed by atoms with Crippen LogP contribution >= 0.6 is 0 Å². The first-order valence-corrected chi connectivity index (χ1v) is 6.06. The summed E-state index contributed by atoms with van der Waals surface area (Å²) < 4.78 is 0. The maximum Gasteiger partial charge on any atom is 0.163 e. The number of hydrogen-bond donors (Lipinski definition) is 1. The number of carbonyl (C=O) groups excluding carboxylic acids is 1. The molecule has 0 spiro atoms. The Balaban J connectivity index is 2.12. The number of fused-ring (bicyclic) bond motifs is 1. The van der Waals surface area contributed by atoms with Gasteiger partial charge in [-0.3, -0.25) is 4.79 Å². The summed E-state index contributed by atoms with van der Waals surface area (Å²) >= 11 is 0. The van der Waals surface area contributed by atoms with Crippen LogP contribution in [-0.4, -0.2) is 5.78 Å². The normalized spacial score (nSPS) is 15.9. The van der Waals surface area contributed by atoms with E-state index in [1.165, 1.54) is 11.1 Å². The van der Waals surface area contributed by atoms with E-state index >= 15 is 0 Å². The molecule has 0 aromatic heterocycles. The molecule has 1 unspecified atom stereocenters. The molecule has 16 heavy (non-hydrogen) atoms. The van der Waals surface area contributed by atoms with Gasteiger partial charge in [-0.25, -0.2) is 0 Å². The highest BCUT2D eigenvalue weighted by molar-refractivity contribution is 5.96. The molecule has 0 bridgehead atoms. The zero-order valence-corrected chi connectivity index (χ0v) is 10.0. The van der Waals surface area contributed by atoms with Crippen molar-refractivity contribution in [1.82, 2.24) is 5.32 Å². The van der Waals surface area contributed by atoms with Crippen LogP contribution in [0.25, 0.3) is 0 Å². The number of rotatable bonds is 4. The number of benzene rings is 1. The summed E-state index contributed by atoms with van der Waals surface area (Å²) in [4.78, 5) is 12.0. The SMILES string of the molecule is CCC(C)CC(=O)c1ccc2c(c1)CNC2. The topological polar surface area (TPSA) is 29.1 Å². The quantitative estimate of drug-likeness (QED) is 0.786. The second-order valence-electron chi connectivity index (χ2n) is 4.73. The van der Waals surface area contributed by atoms with Gasteiger partial charge in [0.1, 0.15) is 0 Å². The predicted molar refractivity (Wildman–Crippen MR) is 65.4 cm³/mol. The molecule has 0 saturated carbocycles. The van der Waals surface area contributed by atoms with Gasteiger partial charge in [-0.05, 0) is 23.1 Å². The van der Waals surface area contributed by atoms with E-state index in [0.717, 1.165) is 25.1 Å². The van der Waals surface area contributed by atoms with Crippen molar-refractivity contribution >= 4 is 5.78 Å². The zero-order chi connectivity index (χ0) is 11.5. The van der Waals surface area contributed by atoms with Crippen molar-refractivity contribution < 1.29 is 4.79 Å². The van der Waals surface area contributed by atoms with Crippen molar-refractivity contribution in [3.63, 3.8) is 0 Å². The summed E-state index contributed by atoms with van der Waals surface area (Å²) in [5.74, 6) is 0.767. The van der Waals surface area contributed by atoms with Crippen LogP contribution < -0.4 is 5.32 Å². The van der Waals surface area contributed by atoms with E-state index in [2.05, 4.69) is 31.3 Å². The Morgan fingerprint density at radius 1 is 1.38 bits per heavy atom. The van der Waals surface area contributed by atoms with Gasteiger partial charge in [-0.2, -0.15) is 0 Å². The average Bonchev–Trinajstić information content (AvgIpc) is 2.75. The fourth-order valence-electron chi connectivity index (χ4n) is 2.05. The monoisotopic (exact) mass is 217 g/mol. The minimum Gasteiger partial charge on any atom is -0.309 e. The van der Waals surface area contributed by atoms with E-state index in [1.54, 1.807) is 0 Å². The molecule has 2 rings (SSSR count). The van der Waals surface area contributed by atoms with Gasteiger partial charge in [0.15, 0.2) is 5.78 Å². The van der Waals surface area contributed by atoms with Gasteiger partial charge in [0.25, 0.3) is 0 Å². The highest BCUT2D eigenvalue weighted by Crippen LogP contribution is 2.19. The largest absolute Gasteiger partial charge is 0.309 e. The van der Waals surface area contributed by atoms with Crippen molar-refractivity contribution in [2.24, 2.45) is 5.92 Å². The van der Waals surface area contributed by atoms with Gasteiger partial charge in [-0.1, -0.05) is 32.4 Å². The second kappa shape index (κ2) is 4.79. The van der Waals surface area contributed by atoms with Crippen LogP contribution in [0.15, 0.2) is 18.2 Å². The Kier molecular flexibility index (Phi) is 3.39. The summed E-state index contributed by atoms with van der Waals surface area (Å²) in [5, 5.41) is 3.29. The molecule has 0 amide bonds. The molecule has 1 aromatic carbocycles. The molecule has 2 heteroatoms. The molecule has 0 radical (unpaired) electrons. The summed E-state index contributed by atoms with van der Waals surface area (Å²) in [6.07, 6.45) is 1.74. The number of nitrogens with one attached hydrogen (secondary N) is 1. The Morgan fingerprint density at radius 3 is 2.88 bits per heavy atom. The Bertz CT molecular complexity index is 398. The number of Topliss-reactive ketones (excluding diaryl/α,β-unsaturated/α-hetero) is 1. The average molecular weight is 217 g/mol. The van der Waals surface area contributed by atoms with Crippen LogP contribution in [0.2, 0.25) is 0 Å². The Morgan fingerprint density at radius 2 is 2.12 bits per heavy atom. The lowest BCUT2D eigenvalue weighted by Gasteiger charge is -2.08. The second-order valence-corrected chi connectivity index (χ2v) is 4.73. The Hall–Kier alpha value is -1.15. The van der Waals surface area contributed by atoms with Gasteiger partial charge in [0.05, 0.1) is 0 Å². The van der Waals surface area contributed by atoms with Gasteiger partial charge in [-0.15, -0.1) is 0 Å². The molecular formula is C14H19NO.